The fourth-order valence-electron chi connectivity index (χ4n) is 2.38. The molecule has 0 aliphatic heterocycles. The molecule has 0 radical (unpaired) electrons. The predicted octanol–water partition coefficient (Wildman–Crippen LogP) is 2.34. The standard InChI is InChI=1S/C16H21NO3S/c1-2-20-16(19)8-9-17-15(18)11-21-14-7-6-12-4-3-5-13(12)10-14/h6-7,10H,2-5,8-9,11H2,1H3,(H,17,18). The second kappa shape index (κ2) is 8.08. The van der Waals surface area contributed by atoms with E-state index in [0.717, 1.165) is 11.3 Å². The number of carbonyl (C=O) groups excluding carboxylic acids is 2. The summed E-state index contributed by atoms with van der Waals surface area (Å²) in [6.07, 6.45) is 3.78. The lowest BCUT2D eigenvalue weighted by Crippen LogP contribution is -2.28. The first-order valence-corrected chi connectivity index (χ1v) is 8.34. The number of amides is 1. The first kappa shape index (κ1) is 15.9. The van der Waals surface area contributed by atoms with Crippen LogP contribution < -0.4 is 5.32 Å². The van der Waals surface area contributed by atoms with Gasteiger partial charge in [0.15, 0.2) is 0 Å². The summed E-state index contributed by atoms with van der Waals surface area (Å²) in [4.78, 5) is 24.0. The Hall–Kier alpha value is -1.49. The second-order valence-electron chi connectivity index (χ2n) is 4.98. The van der Waals surface area contributed by atoms with Crippen molar-refractivity contribution in [3.63, 3.8) is 0 Å². The van der Waals surface area contributed by atoms with Crippen molar-refractivity contribution in [2.24, 2.45) is 0 Å². The van der Waals surface area contributed by atoms with Gasteiger partial charge >= 0.3 is 5.97 Å². The Labute approximate surface area is 129 Å². The highest BCUT2D eigenvalue weighted by molar-refractivity contribution is 8.00. The van der Waals surface area contributed by atoms with Crippen LogP contribution in [0.25, 0.3) is 0 Å². The number of hydrogen-bond donors (Lipinski definition) is 1. The van der Waals surface area contributed by atoms with Crippen LogP contribution >= 0.6 is 11.8 Å². The average molecular weight is 307 g/mol. The zero-order valence-electron chi connectivity index (χ0n) is 12.3. The summed E-state index contributed by atoms with van der Waals surface area (Å²) in [7, 11) is 0. The third kappa shape index (κ3) is 5.08. The molecule has 0 saturated heterocycles. The molecular formula is C16H21NO3S. The van der Waals surface area contributed by atoms with Gasteiger partial charge in [-0.15, -0.1) is 11.8 Å². The molecule has 21 heavy (non-hydrogen) atoms. The van der Waals surface area contributed by atoms with E-state index in [4.69, 9.17) is 4.74 Å². The number of fused-ring (bicyclic) bond motifs is 1. The number of aryl methyl sites for hydroxylation is 2. The highest BCUT2D eigenvalue weighted by Gasteiger charge is 2.11. The van der Waals surface area contributed by atoms with Crippen LogP contribution in [-0.2, 0) is 27.2 Å². The molecule has 4 nitrogen and oxygen atoms in total. The van der Waals surface area contributed by atoms with Crippen molar-refractivity contribution < 1.29 is 14.3 Å². The third-order valence-corrected chi connectivity index (χ3v) is 4.39. The maximum absolute atomic E-state index is 11.7. The molecule has 1 aliphatic rings. The van der Waals surface area contributed by atoms with Gasteiger partial charge in [-0.3, -0.25) is 9.59 Å². The largest absolute Gasteiger partial charge is 0.466 e. The lowest BCUT2D eigenvalue weighted by Gasteiger charge is -2.06. The summed E-state index contributed by atoms with van der Waals surface area (Å²) < 4.78 is 4.80. The number of nitrogens with one attached hydrogen (secondary N) is 1. The van der Waals surface area contributed by atoms with Crippen LogP contribution in [0, 0.1) is 0 Å². The Bertz CT molecular complexity index is 516. The summed E-state index contributed by atoms with van der Waals surface area (Å²) in [6, 6.07) is 6.45. The summed E-state index contributed by atoms with van der Waals surface area (Å²) >= 11 is 1.54. The van der Waals surface area contributed by atoms with Crippen molar-refractivity contribution in [2.45, 2.75) is 37.5 Å². The molecule has 1 amide bonds. The molecule has 0 saturated carbocycles. The maximum atomic E-state index is 11.7. The Balaban J connectivity index is 1.68. The fourth-order valence-corrected chi connectivity index (χ4v) is 3.16. The van der Waals surface area contributed by atoms with Crippen LogP contribution in [0.2, 0.25) is 0 Å². The summed E-state index contributed by atoms with van der Waals surface area (Å²) in [6.45, 7) is 2.48. The average Bonchev–Trinajstić information content (AvgIpc) is 2.93. The van der Waals surface area contributed by atoms with Crippen LogP contribution in [0.5, 0.6) is 0 Å². The van der Waals surface area contributed by atoms with Gasteiger partial charge in [0.25, 0.3) is 0 Å². The van der Waals surface area contributed by atoms with Crippen molar-refractivity contribution >= 4 is 23.6 Å². The van der Waals surface area contributed by atoms with Crippen molar-refractivity contribution in [1.29, 1.82) is 0 Å². The molecular weight excluding hydrogens is 286 g/mol. The smallest absolute Gasteiger partial charge is 0.307 e. The molecule has 0 spiro atoms. The van der Waals surface area contributed by atoms with E-state index < -0.39 is 0 Å². The van der Waals surface area contributed by atoms with Crippen LogP contribution in [0.4, 0.5) is 0 Å². The van der Waals surface area contributed by atoms with Crippen LogP contribution in [0.1, 0.15) is 30.9 Å². The molecule has 0 fully saturated rings. The Kier molecular flexibility index (Phi) is 6.11. The maximum Gasteiger partial charge on any atom is 0.307 e. The zero-order valence-corrected chi connectivity index (χ0v) is 13.1. The summed E-state index contributed by atoms with van der Waals surface area (Å²) in [5, 5.41) is 2.73. The highest BCUT2D eigenvalue weighted by Crippen LogP contribution is 2.27. The first-order valence-electron chi connectivity index (χ1n) is 7.36. The number of esters is 1. The van der Waals surface area contributed by atoms with Gasteiger partial charge in [-0.2, -0.15) is 0 Å². The molecule has 5 heteroatoms. The lowest BCUT2D eigenvalue weighted by atomic mass is 10.1. The predicted molar refractivity (Wildman–Crippen MR) is 83.5 cm³/mol. The number of hydrogen-bond acceptors (Lipinski definition) is 4. The molecule has 1 aliphatic carbocycles. The van der Waals surface area contributed by atoms with E-state index in [0.29, 0.717) is 18.9 Å². The lowest BCUT2D eigenvalue weighted by molar-refractivity contribution is -0.142. The van der Waals surface area contributed by atoms with E-state index >= 15 is 0 Å². The molecule has 1 aromatic carbocycles. The number of thioether (sulfide) groups is 1. The molecule has 0 bridgehead atoms. The highest BCUT2D eigenvalue weighted by atomic mass is 32.2. The van der Waals surface area contributed by atoms with Gasteiger partial charge in [0.1, 0.15) is 0 Å². The van der Waals surface area contributed by atoms with Gasteiger partial charge in [0.05, 0.1) is 18.8 Å². The molecule has 1 aromatic rings. The Morgan fingerprint density at radius 2 is 2.10 bits per heavy atom. The fraction of sp³-hybridized carbons (Fsp3) is 0.500. The number of carbonyl (C=O) groups is 2. The van der Waals surface area contributed by atoms with E-state index in [1.165, 1.54) is 35.7 Å². The van der Waals surface area contributed by atoms with Gasteiger partial charge < -0.3 is 10.1 Å². The number of benzene rings is 1. The second-order valence-corrected chi connectivity index (χ2v) is 6.03. The first-order chi connectivity index (χ1) is 10.2. The third-order valence-electron chi connectivity index (χ3n) is 3.40. The minimum atomic E-state index is -0.274. The molecule has 1 N–H and O–H groups in total. The molecule has 0 heterocycles. The Morgan fingerprint density at radius 1 is 1.29 bits per heavy atom. The van der Waals surface area contributed by atoms with Crippen molar-refractivity contribution in [2.75, 3.05) is 18.9 Å². The number of ether oxygens (including phenoxy) is 1. The molecule has 0 aromatic heterocycles. The van der Waals surface area contributed by atoms with Crippen LogP contribution in [-0.4, -0.2) is 30.8 Å². The van der Waals surface area contributed by atoms with Gasteiger partial charge in [0.2, 0.25) is 5.91 Å². The minimum Gasteiger partial charge on any atom is -0.466 e. The van der Waals surface area contributed by atoms with Gasteiger partial charge in [-0.1, -0.05) is 6.07 Å². The number of rotatable bonds is 7. The van der Waals surface area contributed by atoms with Gasteiger partial charge in [-0.05, 0) is 49.4 Å². The van der Waals surface area contributed by atoms with Crippen molar-refractivity contribution in [1.82, 2.24) is 5.32 Å². The summed E-state index contributed by atoms with van der Waals surface area (Å²) in [5.41, 5.74) is 2.86. The van der Waals surface area contributed by atoms with Crippen molar-refractivity contribution in [3.8, 4) is 0 Å². The monoisotopic (exact) mass is 307 g/mol. The summed E-state index contributed by atoms with van der Waals surface area (Å²) in [5.74, 6) is 0.0515. The van der Waals surface area contributed by atoms with Gasteiger partial charge in [0, 0.05) is 11.4 Å². The SMILES string of the molecule is CCOC(=O)CCNC(=O)CSc1ccc2c(c1)CCC2. The van der Waals surface area contributed by atoms with Crippen LogP contribution in [0.3, 0.4) is 0 Å². The van der Waals surface area contributed by atoms with E-state index in [1.807, 2.05) is 0 Å². The normalized spacial score (nSPS) is 12.8. The van der Waals surface area contributed by atoms with E-state index in [2.05, 4.69) is 23.5 Å². The van der Waals surface area contributed by atoms with E-state index in [9.17, 15) is 9.59 Å². The Morgan fingerprint density at radius 3 is 2.90 bits per heavy atom. The van der Waals surface area contributed by atoms with E-state index in [-0.39, 0.29) is 18.3 Å². The molecule has 0 atom stereocenters. The molecule has 0 unspecified atom stereocenters. The molecule has 114 valence electrons. The van der Waals surface area contributed by atoms with Gasteiger partial charge in [-0.25, -0.2) is 0 Å². The zero-order chi connectivity index (χ0) is 15.1. The van der Waals surface area contributed by atoms with Crippen molar-refractivity contribution in [3.05, 3.63) is 29.3 Å². The topological polar surface area (TPSA) is 55.4 Å². The minimum absolute atomic E-state index is 0.0511. The van der Waals surface area contributed by atoms with Crippen LogP contribution in [0.15, 0.2) is 23.1 Å². The quantitative estimate of drug-likeness (QED) is 0.620. The molecule has 2 rings (SSSR count). The van der Waals surface area contributed by atoms with E-state index in [1.54, 1.807) is 6.92 Å².